The molecule has 0 bridgehead atoms. The number of nitrogens with one attached hydrogen (secondary N) is 1. The molecule has 0 saturated heterocycles. The Morgan fingerprint density at radius 3 is 2.56 bits per heavy atom. The molecule has 4 nitrogen and oxygen atoms in total. The first-order valence-corrected chi connectivity index (χ1v) is 5.93. The zero-order valence-corrected chi connectivity index (χ0v) is 10.6. The second-order valence-corrected chi connectivity index (χ2v) is 4.33. The molecule has 0 unspecified atom stereocenters. The SMILES string of the molecule is Cc1ccc(CNCc2nc(C)ccc2O)cn1. The third-order valence-electron chi connectivity index (χ3n) is 2.68. The molecule has 94 valence electrons. The molecule has 0 atom stereocenters. The molecule has 0 aromatic carbocycles. The van der Waals surface area contributed by atoms with Gasteiger partial charge in [-0.05, 0) is 37.6 Å². The predicted molar refractivity (Wildman–Crippen MR) is 70.2 cm³/mol. The van der Waals surface area contributed by atoms with E-state index in [1.807, 2.05) is 32.2 Å². The van der Waals surface area contributed by atoms with Gasteiger partial charge in [0, 0.05) is 30.7 Å². The van der Waals surface area contributed by atoms with Gasteiger partial charge in [-0.15, -0.1) is 0 Å². The first-order valence-electron chi connectivity index (χ1n) is 5.93. The van der Waals surface area contributed by atoms with E-state index in [4.69, 9.17) is 0 Å². The number of aromatic hydroxyl groups is 1. The van der Waals surface area contributed by atoms with Crippen molar-refractivity contribution in [2.24, 2.45) is 0 Å². The maximum absolute atomic E-state index is 9.65. The van der Waals surface area contributed by atoms with Gasteiger partial charge < -0.3 is 10.4 Å². The molecule has 0 aliphatic heterocycles. The lowest BCUT2D eigenvalue weighted by atomic mass is 10.2. The van der Waals surface area contributed by atoms with Crippen LogP contribution in [0.1, 0.15) is 22.6 Å². The molecule has 2 aromatic heterocycles. The van der Waals surface area contributed by atoms with Crippen LogP contribution in [0, 0.1) is 13.8 Å². The molecule has 18 heavy (non-hydrogen) atoms. The monoisotopic (exact) mass is 243 g/mol. The zero-order chi connectivity index (χ0) is 13.0. The van der Waals surface area contributed by atoms with Gasteiger partial charge in [-0.1, -0.05) is 6.07 Å². The first kappa shape index (κ1) is 12.5. The molecule has 0 fully saturated rings. The van der Waals surface area contributed by atoms with Crippen LogP contribution in [0.25, 0.3) is 0 Å². The van der Waals surface area contributed by atoms with E-state index in [2.05, 4.69) is 15.3 Å². The maximum Gasteiger partial charge on any atom is 0.138 e. The van der Waals surface area contributed by atoms with Crippen LogP contribution in [0.2, 0.25) is 0 Å². The number of hydrogen-bond donors (Lipinski definition) is 2. The first-order chi connectivity index (χ1) is 8.65. The fourth-order valence-electron chi connectivity index (χ4n) is 1.66. The smallest absolute Gasteiger partial charge is 0.138 e. The summed E-state index contributed by atoms with van der Waals surface area (Å²) in [5.41, 5.74) is 3.71. The average molecular weight is 243 g/mol. The second-order valence-electron chi connectivity index (χ2n) is 4.33. The lowest BCUT2D eigenvalue weighted by Crippen LogP contribution is -2.14. The molecule has 2 N–H and O–H groups in total. The van der Waals surface area contributed by atoms with Gasteiger partial charge in [0.25, 0.3) is 0 Å². The van der Waals surface area contributed by atoms with Crippen LogP contribution in [0.15, 0.2) is 30.5 Å². The van der Waals surface area contributed by atoms with Crippen molar-refractivity contribution in [3.05, 3.63) is 53.1 Å². The Morgan fingerprint density at radius 2 is 1.83 bits per heavy atom. The minimum atomic E-state index is 0.232. The van der Waals surface area contributed by atoms with Crippen LogP contribution < -0.4 is 5.32 Å². The van der Waals surface area contributed by atoms with Crippen molar-refractivity contribution in [3.8, 4) is 5.75 Å². The fourth-order valence-corrected chi connectivity index (χ4v) is 1.66. The standard InChI is InChI=1S/C14H17N3O/c1-10-3-5-12(8-16-10)7-15-9-13-14(18)6-4-11(2)17-13/h3-6,8,15,18H,7,9H2,1-2H3. The van der Waals surface area contributed by atoms with Crippen molar-refractivity contribution < 1.29 is 5.11 Å². The summed E-state index contributed by atoms with van der Waals surface area (Å²) in [7, 11) is 0. The highest BCUT2D eigenvalue weighted by atomic mass is 16.3. The molecule has 0 aliphatic carbocycles. The molecule has 2 heterocycles. The molecule has 0 aliphatic rings. The molecule has 4 heteroatoms. The number of nitrogens with zero attached hydrogens (tertiary/aromatic N) is 2. The summed E-state index contributed by atoms with van der Waals surface area (Å²) < 4.78 is 0. The van der Waals surface area contributed by atoms with Crippen LogP contribution in [0.3, 0.4) is 0 Å². The highest BCUT2D eigenvalue weighted by molar-refractivity contribution is 5.27. The number of hydrogen-bond acceptors (Lipinski definition) is 4. The van der Waals surface area contributed by atoms with Gasteiger partial charge >= 0.3 is 0 Å². The number of pyridine rings is 2. The van der Waals surface area contributed by atoms with E-state index in [1.165, 1.54) is 0 Å². The Labute approximate surface area is 107 Å². The van der Waals surface area contributed by atoms with Gasteiger partial charge in [0.05, 0.1) is 5.69 Å². The van der Waals surface area contributed by atoms with Crippen LogP contribution >= 0.6 is 0 Å². The van der Waals surface area contributed by atoms with E-state index in [1.54, 1.807) is 12.1 Å². The quantitative estimate of drug-likeness (QED) is 0.863. The van der Waals surface area contributed by atoms with Crippen molar-refractivity contribution in [2.75, 3.05) is 0 Å². The third kappa shape index (κ3) is 3.28. The van der Waals surface area contributed by atoms with Gasteiger partial charge in [-0.25, -0.2) is 0 Å². The molecule has 2 rings (SSSR count). The normalized spacial score (nSPS) is 10.6. The highest BCUT2D eigenvalue weighted by Gasteiger charge is 2.02. The van der Waals surface area contributed by atoms with E-state index in [0.29, 0.717) is 18.8 Å². The molecular formula is C14H17N3O. The molecule has 0 spiro atoms. The summed E-state index contributed by atoms with van der Waals surface area (Å²) in [6.07, 6.45) is 1.85. The topological polar surface area (TPSA) is 58.0 Å². The summed E-state index contributed by atoms with van der Waals surface area (Å²) in [5.74, 6) is 0.232. The Bertz CT molecular complexity index is 523. The molecule has 2 aromatic rings. The van der Waals surface area contributed by atoms with Gasteiger partial charge in [0.15, 0.2) is 0 Å². The Hall–Kier alpha value is -1.94. The Balaban J connectivity index is 1.92. The molecular weight excluding hydrogens is 226 g/mol. The number of rotatable bonds is 4. The van der Waals surface area contributed by atoms with E-state index in [9.17, 15) is 5.11 Å². The van der Waals surface area contributed by atoms with Gasteiger partial charge in [0.1, 0.15) is 5.75 Å². The lowest BCUT2D eigenvalue weighted by molar-refractivity contribution is 0.459. The molecule has 0 radical (unpaired) electrons. The summed E-state index contributed by atoms with van der Waals surface area (Å²) in [6.45, 7) is 5.13. The summed E-state index contributed by atoms with van der Waals surface area (Å²) in [6, 6.07) is 7.49. The molecule has 0 saturated carbocycles. The van der Waals surface area contributed by atoms with Crippen molar-refractivity contribution in [1.29, 1.82) is 0 Å². The van der Waals surface area contributed by atoms with Gasteiger partial charge in [0.2, 0.25) is 0 Å². The minimum Gasteiger partial charge on any atom is -0.506 e. The molecule has 0 amide bonds. The summed E-state index contributed by atoms with van der Waals surface area (Å²) in [5, 5.41) is 12.9. The fraction of sp³-hybridized carbons (Fsp3) is 0.286. The Morgan fingerprint density at radius 1 is 1.06 bits per heavy atom. The Kier molecular flexibility index (Phi) is 3.89. The third-order valence-corrected chi connectivity index (χ3v) is 2.68. The van der Waals surface area contributed by atoms with Crippen LogP contribution in [-0.4, -0.2) is 15.1 Å². The van der Waals surface area contributed by atoms with Crippen molar-refractivity contribution in [1.82, 2.24) is 15.3 Å². The van der Waals surface area contributed by atoms with Crippen molar-refractivity contribution >= 4 is 0 Å². The number of aryl methyl sites for hydroxylation is 2. The van der Waals surface area contributed by atoms with E-state index in [-0.39, 0.29) is 5.75 Å². The summed E-state index contributed by atoms with van der Waals surface area (Å²) >= 11 is 0. The lowest BCUT2D eigenvalue weighted by Gasteiger charge is -2.07. The van der Waals surface area contributed by atoms with Gasteiger partial charge in [-0.3, -0.25) is 9.97 Å². The highest BCUT2D eigenvalue weighted by Crippen LogP contribution is 2.14. The largest absolute Gasteiger partial charge is 0.506 e. The van der Waals surface area contributed by atoms with Crippen molar-refractivity contribution in [3.63, 3.8) is 0 Å². The maximum atomic E-state index is 9.65. The van der Waals surface area contributed by atoms with Gasteiger partial charge in [-0.2, -0.15) is 0 Å². The van der Waals surface area contributed by atoms with E-state index in [0.717, 1.165) is 17.0 Å². The second kappa shape index (κ2) is 5.60. The van der Waals surface area contributed by atoms with Crippen LogP contribution in [-0.2, 0) is 13.1 Å². The minimum absolute atomic E-state index is 0.232. The van der Waals surface area contributed by atoms with E-state index >= 15 is 0 Å². The summed E-state index contributed by atoms with van der Waals surface area (Å²) in [4.78, 5) is 8.52. The zero-order valence-electron chi connectivity index (χ0n) is 10.6. The van der Waals surface area contributed by atoms with E-state index < -0.39 is 0 Å². The van der Waals surface area contributed by atoms with Crippen LogP contribution in [0.5, 0.6) is 5.75 Å². The van der Waals surface area contributed by atoms with Crippen molar-refractivity contribution in [2.45, 2.75) is 26.9 Å². The predicted octanol–water partition coefficient (Wildman–Crippen LogP) is 2.09. The average Bonchev–Trinajstić information content (AvgIpc) is 2.36. The van der Waals surface area contributed by atoms with Crippen LogP contribution in [0.4, 0.5) is 0 Å². The number of aromatic nitrogens is 2.